The SMILES string of the molecule is C=C(BC(C)(C)C)C(C)(C)C. The molecule has 0 heterocycles. The van der Waals surface area contributed by atoms with Gasteiger partial charge in [-0.2, -0.15) is 0 Å². The van der Waals surface area contributed by atoms with Gasteiger partial charge in [-0.25, -0.2) is 0 Å². The Labute approximate surface area is 72.3 Å². The summed E-state index contributed by atoms with van der Waals surface area (Å²) < 4.78 is 0. The van der Waals surface area contributed by atoms with E-state index in [4.69, 9.17) is 0 Å². The molecule has 0 radical (unpaired) electrons. The van der Waals surface area contributed by atoms with Crippen molar-refractivity contribution in [3.8, 4) is 0 Å². The molecule has 0 aliphatic carbocycles. The molecule has 0 amide bonds. The first-order valence-electron chi connectivity index (χ1n) is 4.31. The highest BCUT2D eigenvalue weighted by molar-refractivity contribution is 6.49. The quantitative estimate of drug-likeness (QED) is 0.506. The van der Waals surface area contributed by atoms with Crippen LogP contribution in [0.2, 0.25) is 5.31 Å². The van der Waals surface area contributed by atoms with Gasteiger partial charge in [0.25, 0.3) is 0 Å². The Bertz CT molecular complexity index is 143. The average Bonchev–Trinajstić information content (AvgIpc) is 1.56. The smallest absolute Gasteiger partial charge is 0.108 e. The maximum Gasteiger partial charge on any atom is 0.157 e. The zero-order chi connectivity index (χ0) is 9.28. The van der Waals surface area contributed by atoms with Crippen molar-refractivity contribution >= 4 is 7.28 Å². The van der Waals surface area contributed by atoms with E-state index < -0.39 is 0 Å². The Hall–Kier alpha value is -0.195. The van der Waals surface area contributed by atoms with E-state index in [1.54, 1.807) is 0 Å². The predicted molar refractivity (Wildman–Crippen MR) is 55.5 cm³/mol. The molecule has 0 aromatic heterocycles. The Morgan fingerprint density at radius 1 is 1.00 bits per heavy atom. The summed E-state index contributed by atoms with van der Waals surface area (Å²) >= 11 is 0. The van der Waals surface area contributed by atoms with Gasteiger partial charge in [-0.3, -0.25) is 0 Å². The summed E-state index contributed by atoms with van der Waals surface area (Å²) in [5.74, 6) is 0. The van der Waals surface area contributed by atoms with E-state index in [-0.39, 0.29) is 5.41 Å². The second-order valence-electron chi connectivity index (χ2n) is 5.59. The van der Waals surface area contributed by atoms with Crippen LogP contribution in [-0.4, -0.2) is 7.28 Å². The predicted octanol–water partition coefficient (Wildman–Crippen LogP) is 3.20. The van der Waals surface area contributed by atoms with Gasteiger partial charge in [0.15, 0.2) is 7.28 Å². The molecule has 1 heteroatoms. The highest BCUT2D eigenvalue weighted by Crippen LogP contribution is 2.31. The molecular weight excluding hydrogens is 131 g/mol. The van der Waals surface area contributed by atoms with Crippen molar-refractivity contribution in [2.24, 2.45) is 5.41 Å². The van der Waals surface area contributed by atoms with Crippen molar-refractivity contribution in [3.63, 3.8) is 0 Å². The van der Waals surface area contributed by atoms with Crippen LogP contribution in [0.3, 0.4) is 0 Å². The Balaban J connectivity index is 4.11. The molecular formula is C10H21B. The van der Waals surface area contributed by atoms with Crippen LogP contribution in [0.1, 0.15) is 41.5 Å². The van der Waals surface area contributed by atoms with Gasteiger partial charge in [0.05, 0.1) is 0 Å². The molecule has 0 saturated carbocycles. The van der Waals surface area contributed by atoms with Gasteiger partial charge >= 0.3 is 0 Å². The summed E-state index contributed by atoms with van der Waals surface area (Å²) in [5, 5.41) is 0.379. The third-order valence-electron chi connectivity index (χ3n) is 1.80. The molecule has 0 aliphatic heterocycles. The van der Waals surface area contributed by atoms with Gasteiger partial charge in [0, 0.05) is 0 Å². The number of allylic oxidation sites excluding steroid dienone is 1. The van der Waals surface area contributed by atoms with Crippen LogP contribution in [0.4, 0.5) is 0 Å². The van der Waals surface area contributed by atoms with E-state index in [9.17, 15) is 0 Å². The Morgan fingerprint density at radius 2 is 1.36 bits per heavy atom. The fourth-order valence-electron chi connectivity index (χ4n) is 0.905. The van der Waals surface area contributed by atoms with Crippen LogP contribution in [0.5, 0.6) is 0 Å². The number of rotatable bonds is 1. The van der Waals surface area contributed by atoms with Gasteiger partial charge in [0.2, 0.25) is 0 Å². The molecule has 0 aliphatic rings. The maximum atomic E-state index is 4.11. The van der Waals surface area contributed by atoms with Crippen LogP contribution < -0.4 is 0 Å². The second-order valence-corrected chi connectivity index (χ2v) is 5.59. The van der Waals surface area contributed by atoms with Gasteiger partial charge in [0.1, 0.15) is 0 Å². The Kier molecular flexibility index (Phi) is 2.99. The van der Waals surface area contributed by atoms with Gasteiger partial charge in [-0.1, -0.05) is 46.9 Å². The van der Waals surface area contributed by atoms with E-state index in [0.717, 1.165) is 7.28 Å². The first-order valence-corrected chi connectivity index (χ1v) is 4.31. The van der Waals surface area contributed by atoms with Crippen molar-refractivity contribution < 1.29 is 0 Å². The normalized spacial score (nSPS) is 12.9. The molecule has 0 atom stereocenters. The van der Waals surface area contributed by atoms with E-state index in [2.05, 4.69) is 48.1 Å². The minimum atomic E-state index is 0.271. The van der Waals surface area contributed by atoms with E-state index in [1.807, 2.05) is 0 Å². The van der Waals surface area contributed by atoms with Crippen LogP contribution in [0.15, 0.2) is 12.1 Å². The topological polar surface area (TPSA) is 0 Å². The molecule has 0 fully saturated rings. The van der Waals surface area contributed by atoms with E-state index >= 15 is 0 Å². The Morgan fingerprint density at radius 3 is 1.45 bits per heavy atom. The fraction of sp³-hybridized carbons (Fsp3) is 0.800. The zero-order valence-electron chi connectivity index (χ0n) is 8.91. The average molecular weight is 152 g/mol. The van der Waals surface area contributed by atoms with Gasteiger partial charge < -0.3 is 0 Å². The lowest BCUT2D eigenvalue weighted by Gasteiger charge is -2.27. The van der Waals surface area contributed by atoms with E-state index in [0.29, 0.717) is 5.31 Å². The molecule has 0 nitrogen and oxygen atoms in total. The monoisotopic (exact) mass is 152 g/mol. The standard InChI is InChI=1S/C10H21B/c1-8(9(2,3)4)11-10(5,6)7/h11H,1H2,2-7H3. The molecule has 0 aromatic carbocycles. The molecule has 0 aromatic rings. The van der Waals surface area contributed by atoms with Gasteiger partial charge in [-0.05, 0) is 5.41 Å². The van der Waals surface area contributed by atoms with Crippen molar-refractivity contribution in [2.45, 2.75) is 46.9 Å². The minimum absolute atomic E-state index is 0.271. The van der Waals surface area contributed by atoms with Gasteiger partial charge in [-0.15, -0.1) is 12.1 Å². The molecule has 0 spiro atoms. The largest absolute Gasteiger partial charge is 0.157 e. The summed E-state index contributed by atoms with van der Waals surface area (Å²) in [6.07, 6.45) is 0. The second kappa shape index (κ2) is 3.04. The van der Waals surface area contributed by atoms with Crippen LogP contribution >= 0.6 is 0 Å². The molecule has 0 N–H and O–H groups in total. The first kappa shape index (κ1) is 10.8. The number of hydrogen-bond acceptors (Lipinski definition) is 0. The lowest BCUT2D eigenvalue weighted by Crippen LogP contribution is -2.20. The van der Waals surface area contributed by atoms with Crippen LogP contribution in [0, 0.1) is 5.41 Å². The van der Waals surface area contributed by atoms with Crippen molar-refractivity contribution in [1.29, 1.82) is 0 Å². The van der Waals surface area contributed by atoms with Crippen molar-refractivity contribution in [1.82, 2.24) is 0 Å². The lowest BCUT2D eigenvalue weighted by molar-refractivity contribution is 0.526. The maximum absolute atomic E-state index is 4.11. The van der Waals surface area contributed by atoms with Crippen molar-refractivity contribution in [2.75, 3.05) is 0 Å². The molecule has 0 rings (SSSR count). The summed E-state index contributed by atoms with van der Waals surface area (Å²) in [7, 11) is 1.12. The number of hydrogen-bond donors (Lipinski definition) is 0. The third-order valence-corrected chi connectivity index (χ3v) is 1.80. The molecule has 0 bridgehead atoms. The van der Waals surface area contributed by atoms with E-state index in [1.165, 1.54) is 5.47 Å². The molecule has 11 heavy (non-hydrogen) atoms. The molecule has 0 saturated heterocycles. The summed E-state index contributed by atoms with van der Waals surface area (Å²) in [5.41, 5.74) is 1.62. The van der Waals surface area contributed by atoms with Crippen LogP contribution in [-0.2, 0) is 0 Å². The third kappa shape index (κ3) is 5.12. The lowest BCUT2D eigenvalue weighted by atomic mass is 9.47. The first-order chi connectivity index (χ1) is 4.63. The summed E-state index contributed by atoms with van der Waals surface area (Å²) in [6.45, 7) is 17.5. The van der Waals surface area contributed by atoms with Crippen LogP contribution in [0.25, 0.3) is 0 Å². The minimum Gasteiger partial charge on any atom is -0.108 e. The highest BCUT2D eigenvalue weighted by Gasteiger charge is 2.22. The highest BCUT2D eigenvalue weighted by atomic mass is 14.1. The summed E-state index contributed by atoms with van der Waals surface area (Å²) in [6, 6.07) is 0. The zero-order valence-corrected chi connectivity index (χ0v) is 8.91. The molecule has 0 unspecified atom stereocenters. The fourth-order valence-corrected chi connectivity index (χ4v) is 0.905. The summed E-state index contributed by atoms with van der Waals surface area (Å²) in [4.78, 5) is 0. The molecule has 64 valence electrons. The van der Waals surface area contributed by atoms with Crippen molar-refractivity contribution in [3.05, 3.63) is 12.1 Å².